The minimum absolute atomic E-state index is 0.00170. The number of amides is 2. The van der Waals surface area contributed by atoms with E-state index < -0.39 is 27.6 Å². The van der Waals surface area contributed by atoms with E-state index in [-0.39, 0.29) is 28.8 Å². The molecule has 1 heterocycles. The second kappa shape index (κ2) is 10.7. The van der Waals surface area contributed by atoms with Gasteiger partial charge in [0.05, 0.1) is 4.90 Å². The lowest BCUT2D eigenvalue weighted by Crippen LogP contribution is -2.41. The average Bonchev–Trinajstić information content (AvgIpc) is 2.83. The second-order valence-electron chi connectivity index (χ2n) is 7.75. The van der Waals surface area contributed by atoms with Crippen LogP contribution in [0.1, 0.15) is 28.8 Å². The summed E-state index contributed by atoms with van der Waals surface area (Å²) in [5.74, 6) is -2.49. The summed E-state index contributed by atoms with van der Waals surface area (Å²) < 4.78 is 53.5. The zero-order valence-corrected chi connectivity index (χ0v) is 18.7. The molecule has 0 bridgehead atoms. The van der Waals surface area contributed by atoms with Crippen molar-refractivity contribution in [3.63, 3.8) is 0 Å². The molecule has 0 aromatic heterocycles. The number of halogens is 2. The van der Waals surface area contributed by atoms with Crippen LogP contribution in [0.5, 0.6) is 0 Å². The van der Waals surface area contributed by atoms with Crippen molar-refractivity contribution in [3.8, 4) is 0 Å². The Morgan fingerprint density at radius 3 is 2.30 bits per heavy atom. The van der Waals surface area contributed by atoms with Gasteiger partial charge in [-0.05, 0) is 66.8 Å². The Kier molecular flexibility index (Phi) is 7.93. The SMILES string of the molecule is C=CC(=O)NCC1CCN(S(=O)(=O)c2ccc(C(=O)NCc3ccc(F)c(F)c3)cc2)CC1. The van der Waals surface area contributed by atoms with Crippen LogP contribution in [-0.2, 0) is 21.4 Å². The van der Waals surface area contributed by atoms with Gasteiger partial charge in [-0.3, -0.25) is 9.59 Å². The summed E-state index contributed by atoms with van der Waals surface area (Å²) in [7, 11) is -3.71. The zero-order valence-electron chi connectivity index (χ0n) is 17.9. The van der Waals surface area contributed by atoms with Crippen molar-refractivity contribution in [2.45, 2.75) is 24.3 Å². The number of nitrogens with zero attached hydrogens (tertiary/aromatic N) is 1. The summed E-state index contributed by atoms with van der Waals surface area (Å²) in [6, 6.07) is 8.91. The van der Waals surface area contributed by atoms with Gasteiger partial charge in [-0.2, -0.15) is 4.31 Å². The lowest BCUT2D eigenvalue weighted by molar-refractivity contribution is -0.116. The Labute approximate surface area is 191 Å². The first kappa shape index (κ1) is 24.5. The molecule has 7 nitrogen and oxygen atoms in total. The van der Waals surface area contributed by atoms with Crippen LogP contribution in [0.25, 0.3) is 0 Å². The summed E-state index contributed by atoms with van der Waals surface area (Å²) in [6.07, 6.45) is 2.45. The van der Waals surface area contributed by atoms with E-state index >= 15 is 0 Å². The number of hydrogen-bond donors (Lipinski definition) is 2. The van der Waals surface area contributed by atoms with E-state index in [4.69, 9.17) is 0 Å². The molecular formula is C23H25F2N3O4S. The Hall–Kier alpha value is -3.11. The number of piperidine rings is 1. The van der Waals surface area contributed by atoms with Crippen LogP contribution in [0.15, 0.2) is 60.0 Å². The third kappa shape index (κ3) is 6.23. The van der Waals surface area contributed by atoms with Gasteiger partial charge < -0.3 is 10.6 Å². The van der Waals surface area contributed by atoms with Crippen LogP contribution in [0.2, 0.25) is 0 Å². The molecular weight excluding hydrogens is 452 g/mol. The first-order valence-electron chi connectivity index (χ1n) is 10.4. The molecule has 1 aliphatic heterocycles. The molecule has 1 fully saturated rings. The standard InChI is InChI=1S/C23H25F2N3O4S/c1-2-22(29)26-14-16-9-11-28(12-10-16)33(31,32)19-6-4-18(5-7-19)23(30)27-15-17-3-8-20(24)21(25)13-17/h2-8,13,16H,1,9-12,14-15H2,(H,26,29)(H,27,30). The molecule has 0 radical (unpaired) electrons. The molecule has 2 amide bonds. The van der Waals surface area contributed by atoms with Gasteiger partial charge in [0.15, 0.2) is 11.6 Å². The number of benzene rings is 2. The number of carbonyl (C=O) groups is 2. The van der Waals surface area contributed by atoms with Gasteiger partial charge in [-0.15, -0.1) is 0 Å². The first-order valence-corrected chi connectivity index (χ1v) is 11.9. The molecule has 2 N–H and O–H groups in total. The smallest absolute Gasteiger partial charge is 0.251 e. The van der Waals surface area contributed by atoms with Crippen LogP contribution >= 0.6 is 0 Å². The fraction of sp³-hybridized carbons (Fsp3) is 0.304. The molecule has 1 aliphatic rings. The number of rotatable bonds is 8. The molecule has 0 atom stereocenters. The van der Waals surface area contributed by atoms with Crippen molar-refractivity contribution in [2.75, 3.05) is 19.6 Å². The van der Waals surface area contributed by atoms with Gasteiger partial charge in [0, 0.05) is 31.7 Å². The van der Waals surface area contributed by atoms with E-state index in [1.165, 1.54) is 40.7 Å². The molecule has 3 rings (SSSR count). The third-order valence-corrected chi connectivity index (χ3v) is 7.43. The lowest BCUT2D eigenvalue weighted by Gasteiger charge is -2.31. The Morgan fingerprint density at radius 2 is 1.70 bits per heavy atom. The van der Waals surface area contributed by atoms with E-state index in [2.05, 4.69) is 17.2 Å². The number of carbonyl (C=O) groups excluding carboxylic acids is 2. The highest BCUT2D eigenvalue weighted by molar-refractivity contribution is 7.89. The van der Waals surface area contributed by atoms with Crippen LogP contribution in [0.4, 0.5) is 8.78 Å². The molecule has 10 heteroatoms. The molecule has 2 aromatic carbocycles. The van der Waals surface area contributed by atoms with Gasteiger partial charge in [-0.25, -0.2) is 17.2 Å². The van der Waals surface area contributed by atoms with Crippen molar-refractivity contribution in [2.24, 2.45) is 5.92 Å². The maximum atomic E-state index is 13.3. The minimum atomic E-state index is -3.71. The minimum Gasteiger partial charge on any atom is -0.352 e. The molecule has 0 spiro atoms. The Morgan fingerprint density at radius 1 is 1.03 bits per heavy atom. The van der Waals surface area contributed by atoms with E-state index in [1.54, 1.807) is 0 Å². The largest absolute Gasteiger partial charge is 0.352 e. The summed E-state index contributed by atoms with van der Waals surface area (Å²) in [5, 5.41) is 5.32. The van der Waals surface area contributed by atoms with Crippen molar-refractivity contribution < 1.29 is 26.8 Å². The average molecular weight is 478 g/mol. The topological polar surface area (TPSA) is 95.6 Å². The van der Waals surface area contributed by atoms with Gasteiger partial charge in [0.1, 0.15) is 0 Å². The monoisotopic (exact) mass is 477 g/mol. The van der Waals surface area contributed by atoms with Gasteiger partial charge in [-0.1, -0.05) is 12.6 Å². The first-order chi connectivity index (χ1) is 15.7. The summed E-state index contributed by atoms with van der Waals surface area (Å²) in [6.45, 7) is 4.56. The highest BCUT2D eigenvalue weighted by Gasteiger charge is 2.29. The molecule has 33 heavy (non-hydrogen) atoms. The summed E-state index contributed by atoms with van der Waals surface area (Å²) in [4.78, 5) is 23.7. The van der Waals surface area contributed by atoms with Crippen molar-refractivity contribution in [1.29, 1.82) is 0 Å². The van der Waals surface area contributed by atoms with Crippen LogP contribution < -0.4 is 10.6 Å². The highest BCUT2D eigenvalue weighted by atomic mass is 32.2. The van der Waals surface area contributed by atoms with E-state index in [1.807, 2.05) is 0 Å². The second-order valence-corrected chi connectivity index (χ2v) is 9.69. The zero-order chi connectivity index (χ0) is 24.0. The fourth-order valence-corrected chi connectivity index (χ4v) is 5.00. The van der Waals surface area contributed by atoms with Gasteiger partial charge in [0.2, 0.25) is 15.9 Å². The van der Waals surface area contributed by atoms with Gasteiger partial charge in [0.25, 0.3) is 5.91 Å². The molecule has 0 unspecified atom stereocenters. The van der Waals surface area contributed by atoms with E-state index in [9.17, 15) is 26.8 Å². The molecule has 2 aromatic rings. The summed E-state index contributed by atoms with van der Waals surface area (Å²) >= 11 is 0. The summed E-state index contributed by atoms with van der Waals surface area (Å²) in [5.41, 5.74) is 0.641. The van der Waals surface area contributed by atoms with Gasteiger partial charge >= 0.3 is 0 Å². The van der Waals surface area contributed by atoms with E-state index in [0.717, 1.165) is 12.1 Å². The normalized spacial score (nSPS) is 15.1. The van der Waals surface area contributed by atoms with Crippen LogP contribution in [0.3, 0.4) is 0 Å². The maximum Gasteiger partial charge on any atom is 0.251 e. The lowest BCUT2D eigenvalue weighted by atomic mass is 9.98. The maximum absolute atomic E-state index is 13.3. The highest BCUT2D eigenvalue weighted by Crippen LogP contribution is 2.24. The number of hydrogen-bond acceptors (Lipinski definition) is 4. The predicted octanol–water partition coefficient (Wildman–Crippen LogP) is 2.60. The Bertz CT molecular complexity index is 1130. The molecule has 1 saturated heterocycles. The van der Waals surface area contributed by atoms with Crippen LogP contribution in [0, 0.1) is 17.6 Å². The number of nitrogens with one attached hydrogen (secondary N) is 2. The van der Waals surface area contributed by atoms with Crippen molar-refractivity contribution >= 4 is 21.8 Å². The predicted molar refractivity (Wildman–Crippen MR) is 119 cm³/mol. The molecule has 0 saturated carbocycles. The fourth-order valence-electron chi connectivity index (χ4n) is 3.53. The number of sulfonamides is 1. The van der Waals surface area contributed by atoms with Crippen molar-refractivity contribution in [3.05, 3.63) is 77.9 Å². The van der Waals surface area contributed by atoms with Crippen molar-refractivity contribution in [1.82, 2.24) is 14.9 Å². The third-order valence-electron chi connectivity index (χ3n) is 5.52. The van der Waals surface area contributed by atoms with Crippen LogP contribution in [-0.4, -0.2) is 44.2 Å². The van der Waals surface area contributed by atoms with E-state index in [0.29, 0.717) is 38.0 Å². The molecule has 176 valence electrons. The quantitative estimate of drug-likeness (QED) is 0.572. The molecule has 0 aliphatic carbocycles. The Balaban J connectivity index is 1.56.